The summed E-state index contributed by atoms with van der Waals surface area (Å²) in [6.45, 7) is 0. The Kier molecular flexibility index (Phi) is 3.83. The van der Waals surface area contributed by atoms with E-state index in [1.165, 1.54) is 7.11 Å². The molecule has 0 aliphatic heterocycles. The van der Waals surface area contributed by atoms with E-state index in [1.807, 2.05) is 0 Å². The average Bonchev–Trinajstić information content (AvgIpc) is 2.32. The minimum atomic E-state index is 0.0782. The Bertz CT molecular complexity index is 580. The molecule has 1 aromatic carbocycles. The van der Waals surface area contributed by atoms with Crippen LogP contribution in [0.5, 0.6) is 6.01 Å². The highest BCUT2D eigenvalue weighted by molar-refractivity contribution is 9.10. The summed E-state index contributed by atoms with van der Waals surface area (Å²) in [5.41, 5.74) is 6.29. The van der Waals surface area contributed by atoms with E-state index >= 15 is 0 Å². The van der Waals surface area contributed by atoms with Crippen LogP contribution in [0.2, 0.25) is 5.02 Å². The number of hydrogen-bond donors (Lipinski definition) is 2. The van der Waals surface area contributed by atoms with E-state index in [1.54, 1.807) is 18.2 Å². The summed E-state index contributed by atoms with van der Waals surface area (Å²) in [4.78, 5) is 11.8. The lowest BCUT2D eigenvalue weighted by molar-refractivity contribution is 0.380. The standard InChI is InChI=1S/C10H9BrClN5O/c1-18-10-16-8(13)15-9(17-10)14-7-3-2-5(12)4-6(7)11/h2-4H,1H3,(H3,13,14,15,16,17). The van der Waals surface area contributed by atoms with Crippen molar-refractivity contribution in [3.8, 4) is 6.01 Å². The van der Waals surface area contributed by atoms with Crippen LogP contribution in [0.3, 0.4) is 0 Å². The Labute approximate surface area is 117 Å². The molecule has 8 heteroatoms. The van der Waals surface area contributed by atoms with E-state index in [-0.39, 0.29) is 12.0 Å². The van der Waals surface area contributed by atoms with Gasteiger partial charge in [0, 0.05) is 9.50 Å². The van der Waals surface area contributed by atoms with Gasteiger partial charge in [0.2, 0.25) is 11.9 Å². The van der Waals surface area contributed by atoms with Crippen LogP contribution in [0.15, 0.2) is 22.7 Å². The third kappa shape index (κ3) is 2.99. The zero-order chi connectivity index (χ0) is 13.1. The Hall–Kier alpha value is -1.60. The molecule has 0 unspecified atom stereocenters. The molecule has 0 amide bonds. The van der Waals surface area contributed by atoms with Crippen LogP contribution < -0.4 is 15.8 Å². The largest absolute Gasteiger partial charge is 0.467 e. The zero-order valence-electron chi connectivity index (χ0n) is 9.32. The summed E-state index contributed by atoms with van der Waals surface area (Å²) in [6.07, 6.45) is 0. The SMILES string of the molecule is COc1nc(N)nc(Nc2ccc(Cl)cc2Br)n1. The topological polar surface area (TPSA) is 86.0 Å². The van der Waals surface area contributed by atoms with Crippen LogP contribution in [0.25, 0.3) is 0 Å². The highest BCUT2D eigenvalue weighted by Crippen LogP contribution is 2.27. The maximum absolute atomic E-state index is 5.85. The fourth-order valence-corrected chi connectivity index (χ4v) is 2.01. The van der Waals surface area contributed by atoms with Gasteiger partial charge in [-0.25, -0.2) is 0 Å². The molecule has 0 spiro atoms. The van der Waals surface area contributed by atoms with Crippen molar-refractivity contribution in [3.63, 3.8) is 0 Å². The van der Waals surface area contributed by atoms with E-state index < -0.39 is 0 Å². The third-order valence-electron chi connectivity index (χ3n) is 1.99. The highest BCUT2D eigenvalue weighted by Gasteiger charge is 2.07. The van der Waals surface area contributed by atoms with Crippen LogP contribution >= 0.6 is 27.5 Å². The molecule has 1 heterocycles. The molecule has 94 valence electrons. The van der Waals surface area contributed by atoms with Crippen molar-refractivity contribution in [1.82, 2.24) is 15.0 Å². The Morgan fingerprint density at radius 1 is 1.33 bits per heavy atom. The lowest BCUT2D eigenvalue weighted by atomic mass is 10.3. The Balaban J connectivity index is 2.30. The van der Waals surface area contributed by atoms with E-state index in [9.17, 15) is 0 Å². The first-order valence-electron chi connectivity index (χ1n) is 4.86. The average molecular weight is 331 g/mol. The maximum atomic E-state index is 5.85. The molecule has 0 fully saturated rings. The van der Waals surface area contributed by atoms with Crippen molar-refractivity contribution < 1.29 is 4.74 Å². The molecule has 0 saturated heterocycles. The van der Waals surface area contributed by atoms with Crippen LogP contribution in [-0.2, 0) is 0 Å². The third-order valence-corrected chi connectivity index (χ3v) is 2.88. The van der Waals surface area contributed by atoms with Crippen LogP contribution in [0.1, 0.15) is 0 Å². The zero-order valence-corrected chi connectivity index (χ0v) is 11.7. The number of nitrogens with two attached hydrogens (primary N) is 1. The smallest absolute Gasteiger partial charge is 0.322 e. The number of aromatic nitrogens is 3. The van der Waals surface area contributed by atoms with Gasteiger partial charge in [-0.3, -0.25) is 0 Å². The van der Waals surface area contributed by atoms with Gasteiger partial charge in [-0.15, -0.1) is 0 Å². The summed E-state index contributed by atoms with van der Waals surface area (Å²) in [5, 5.41) is 3.61. The molecule has 0 atom stereocenters. The molecular formula is C10H9BrClN5O. The lowest BCUT2D eigenvalue weighted by Gasteiger charge is -2.08. The molecule has 6 nitrogen and oxygen atoms in total. The molecule has 18 heavy (non-hydrogen) atoms. The van der Waals surface area contributed by atoms with Crippen molar-refractivity contribution in [3.05, 3.63) is 27.7 Å². The second-order valence-electron chi connectivity index (χ2n) is 3.25. The summed E-state index contributed by atoms with van der Waals surface area (Å²) in [6, 6.07) is 5.44. The number of hydrogen-bond acceptors (Lipinski definition) is 6. The minimum absolute atomic E-state index is 0.0782. The molecule has 0 radical (unpaired) electrons. The second-order valence-corrected chi connectivity index (χ2v) is 4.54. The molecule has 0 aliphatic rings. The molecule has 2 aromatic rings. The second kappa shape index (κ2) is 5.36. The van der Waals surface area contributed by atoms with Crippen molar-refractivity contribution in [2.45, 2.75) is 0 Å². The number of nitrogens with zero attached hydrogens (tertiary/aromatic N) is 3. The van der Waals surface area contributed by atoms with Gasteiger partial charge < -0.3 is 15.8 Å². The predicted molar refractivity (Wildman–Crippen MR) is 73.2 cm³/mol. The number of methoxy groups -OCH3 is 1. The van der Waals surface area contributed by atoms with Gasteiger partial charge in [-0.2, -0.15) is 15.0 Å². The molecule has 0 aliphatic carbocycles. The van der Waals surface area contributed by atoms with Crippen molar-refractivity contribution in [1.29, 1.82) is 0 Å². The monoisotopic (exact) mass is 329 g/mol. The molecule has 2 rings (SSSR count). The first-order valence-corrected chi connectivity index (χ1v) is 6.03. The maximum Gasteiger partial charge on any atom is 0.322 e. The fourth-order valence-electron chi connectivity index (χ4n) is 1.23. The van der Waals surface area contributed by atoms with Gasteiger partial charge in [0.25, 0.3) is 0 Å². The van der Waals surface area contributed by atoms with E-state index in [2.05, 4.69) is 36.2 Å². The summed E-state index contributed by atoms with van der Waals surface area (Å²) >= 11 is 9.23. The molecule has 3 N–H and O–H groups in total. The predicted octanol–water partition coefficient (Wildman–Crippen LogP) is 2.62. The molecular weight excluding hydrogens is 322 g/mol. The number of nitrogens with one attached hydrogen (secondary N) is 1. The van der Waals surface area contributed by atoms with Gasteiger partial charge in [-0.05, 0) is 34.1 Å². The quantitative estimate of drug-likeness (QED) is 0.899. The van der Waals surface area contributed by atoms with Crippen LogP contribution in [0, 0.1) is 0 Å². The van der Waals surface area contributed by atoms with Gasteiger partial charge in [-0.1, -0.05) is 11.6 Å². The van der Waals surface area contributed by atoms with Gasteiger partial charge in [0.1, 0.15) is 0 Å². The van der Waals surface area contributed by atoms with Gasteiger partial charge in [0.05, 0.1) is 12.8 Å². The fraction of sp³-hybridized carbons (Fsp3) is 0.100. The first-order chi connectivity index (χ1) is 8.58. The Morgan fingerprint density at radius 2 is 2.11 bits per heavy atom. The minimum Gasteiger partial charge on any atom is -0.467 e. The normalized spacial score (nSPS) is 10.2. The summed E-state index contributed by atoms with van der Waals surface area (Å²) < 4.78 is 5.69. The van der Waals surface area contributed by atoms with Crippen LogP contribution in [-0.4, -0.2) is 22.1 Å². The van der Waals surface area contributed by atoms with Gasteiger partial charge in [0.15, 0.2) is 0 Å². The van der Waals surface area contributed by atoms with Crippen LogP contribution in [0.4, 0.5) is 17.6 Å². The summed E-state index contributed by atoms with van der Waals surface area (Å²) in [5.74, 6) is 0.372. The van der Waals surface area contributed by atoms with E-state index in [0.717, 1.165) is 10.2 Å². The van der Waals surface area contributed by atoms with Crippen molar-refractivity contribution >= 4 is 45.1 Å². The lowest BCUT2D eigenvalue weighted by Crippen LogP contribution is -2.05. The number of nitrogen functional groups attached to an aromatic ring is 1. The Morgan fingerprint density at radius 3 is 2.78 bits per heavy atom. The number of ether oxygens (including phenoxy) is 1. The number of halogens is 2. The molecule has 1 aromatic heterocycles. The summed E-state index contributed by atoms with van der Waals surface area (Å²) in [7, 11) is 1.46. The van der Waals surface area contributed by atoms with Gasteiger partial charge >= 0.3 is 6.01 Å². The molecule has 0 bridgehead atoms. The number of benzene rings is 1. The number of anilines is 3. The first kappa shape index (κ1) is 12.8. The van der Waals surface area contributed by atoms with Crippen molar-refractivity contribution in [2.75, 3.05) is 18.2 Å². The molecule has 0 saturated carbocycles. The number of rotatable bonds is 3. The highest BCUT2D eigenvalue weighted by atomic mass is 79.9. The van der Waals surface area contributed by atoms with Crippen molar-refractivity contribution in [2.24, 2.45) is 0 Å². The van der Waals surface area contributed by atoms with E-state index in [4.69, 9.17) is 22.1 Å². The van der Waals surface area contributed by atoms with E-state index in [0.29, 0.717) is 11.0 Å².